The number of hydrogen-bond acceptors (Lipinski definition) is 6. The predicted octanol–water partition coefficient (Wildman–Crippen LogP) is 2.33. The van der Waals surface area contributed by atoms with E-state index >= 15 is 0 Å². The Bertz CT molecular complexity index is 651. The van der Waals surface area contributed by atoms with Crippen molar-refractivity contribution < 1.29 is 28.6 Å². The highest BCUT2D eigenvalue weighted by atomic mass is 16.6. The molecule has 0 aliphatic rings. The van der Waals surface area contributed by atoms with E-state index in [-0.39, 0.29) is 5.97 Å². The number of esters is 3. The Morgan fingerprint density at radius 2 is 1.69 bits per heavy atom. The minimum atomic E-state index is -0.971. The Morgan fingerprint density at radius 3 is 2.27 bits per heavy atom. The van der Waals surface area contributed by atoms with Gasteiger partial charge >= 0.3 is 17.9 Å². The summed E-state index contributed by atoms with van der Waals surface area (Å²) in [6.45, 7) is 5.96. The van der Waals surface area contributed by atoms with Crippen LogP contribution < -0.4 is 0 Å². The van der Waals surface area contributed by atoms with Gasteiger partial charge in [-0.1, -0.05) is 18.1 Å². The van der Waals surface area contributed by atoms with Crippen LogP contribution in [0.5, 0.6) is 0 Å². The van der Waals surface area contributed by atoms with E-state index in [1.54, 1.807) is 24.3 Å². The Hall–Kier alpha value is -2.99. The number of rotatable bonds is 8. The Kier molecular flexibility index (Phi) is 12.7. The molecule has 0 bridgehead atoms. The molecule has 0 N–H and O–H groups in total. The largest absolute Gasteiger partial charge is 0.466 e. The van der Waals surface area contributed by atoms with Crippen LogP contribution in [0.3, 0.4) is 0 Å². The molecule has 26 heavy (non-hydrogen) atoms. The van der Waals surface area contributed by atoms with Gasteiger partial charge in [0.1, 0.15) is 0 Å². The summed E-state index contributed by atoms with van der Waals surface area (Å²) in [6.07, 6.45) is 6.11. The van der Waals surface area contributed by atoms with Crippen LogP contribution in [-0.4, -0.2) is 36.7 Å². The normalized spacial score (nSPS) is 12.3. The zero-order valence-electron chi connectivity index (χ0n) is 15.5. The van der Waals surface area contributed by atoms with E-state index in [2.05, 4.69) is 23.7 Å². The van der Waals surface area contributed by atoms with Gasteiger partial charge in [0, 0.05) is 20.8 Å². The number of ether oxygens (including phenoxy) is 3. The molecule has 0 aromatic rings. The van der Waals surface area contributed by atoms with Crippen LogP contribution in [0.15, 0.2) is 24.3 Å². The molecular formula is C20H24O6. The number of carbonyl (C=O) groups is 3. The second-order valence-electron chi connectivity index (χ2n) is 5.05. The fourth-order valence-corrected chi connectivity index (χ4v) is 1.67. The number of unbranched alkanes of at least 4 members (excludes halogenated alkanes) is 1. The summed E-state index contributed by atoms with van der Waals surface area (Å²) in [7, 11) is 0. The van der Waals surface area contributed by atoms with Crippen LogP contribution in [0, 0.1) is 23.7 Å². The van der Waals surface area contributed by atoms with E-state index in [1.165, 1.54) is 20.8 Å². The molecule has 0 aromatic carbocycles. The smallest absolute Gasteiger partial charge is 0.304 e. The first-order valence-electron chi connectivity index (χ1n) is 8.13. The maximum Gasteiger partial charge on any atom is 0.304 e. The molecule has 0 fully saturated rings. The SMILES string of the molecule is CC=CC#CC#CC(OC(C)=O)C(C=CCCCOC(C)=O)OC(C)=O. The number of carbonyl (C=O) groups excluding carboxylic acids is 3. The van der Waals surface area contributed by atoms with Gasteiger partial charge in [-0.25, -0.2) is 0 Å². The van der Waals surface area contributed by atoms with E-state index < -0.39 is 24.1 Å². The molecule has 0 aliphatic heterocycles. The molecule has 0 aliphatic carbocycles. The quantitative estimate of drug-likeness (QED) is 0.217. The topological polar surface area (TPSA) is 78.9 Å². The molecule has 0 saturated heterocycles. The third-order valence-electron chi connectivity index (χ3n) is 2.64. The van der Waals surface area contributed by atoms with Crippen LogP contribution in [-0.2, 0) is 28.6 Å². The zero-order chi connectivity index (χ0) is 19.8. The molecule has 0 radical (unpaired) electrons. The van der Waals surface area contributed by atoms with Crippen LogP contribution in [0.2, 0.25) is 0 Å². The van der Waals surface area contributed by atoms with E-state index in [0.29, 0.717) is 19.4 Å². The van der Waals surface area contributed by atoms with Crippen LogP contribution in [0.4, 0.5) is 0 Å². The van der Waals surface area contributed by atoms with Gasteiger partial charge in [-0.05, 0) is 49.7 Å². The summed E-state index contributed by atoms with van der Waals surface area (Å²) in [6, 6.07) is 0. The lowest BCUT2D eigenvalue weighted by molar-refractivity contribution is -0.157. The first-order valence-corrected chi connectivity index (χ1v) is 8.13. The summed E-state index contributed by atoms with van der Waals surface area (Å²) >= 11 is 0. The van der Waals surface area contributed by atoms with Crippen molar-refractivity contribution in [2.75, 3.05) is 6.61 Å². The van der Waals surface area contributed by atoms with E-state index in [1.807, 2.05) is 6.92 Å². The Labute approximate surface area is 154 Å². The third kappa shape index (κ3) is 13.4. The molecule has 0 spiro atoms. The minimum absolute atomic E-state index is 0.297. The van der Waals surface area contributed by atoms with Gasteiger partial charge < -0.3 is 14.2 Å². The number of hydrogen-bond donors (Lipinski definition) is 0. The van der Waals surface area contributed by atoms with Gasteiger partial charge in [-0.3, -0.25) is 14.4 Å². The molecule has 0 rings (SSSR count). The average molecular weight is 360 g/mol. The van der Waals surface area contributed by atoms with Crippen molar-refractivity contribution in [1.29, 1.82) is 0 Å². The molecule has 0 saturated carbocycles. The highest BCUT2D eigenvalue weighted by Crippen LogP contribution is 2.08. The Balaban J connectivity index is 5.06. The van der Waals surface area contributed by atoms with E-state index in [4.69, 9.17) is 14.2 Å². The lowest BCUT2D eigenvalue weighted by Crippen LogP contribution is -2.32. The molecule has 2 unspecified atom stereocenters. The van der Waals surface area contributed by atoms with Crippen molar-refractivity contribution in [3.8, 4) is 23.7 Å². The van der Waals surface area contributed by atoms with Gasteiger partial charge in [0.15, 0.2) is 6.10 Å². The maximum atomic E-state index is 11.3. The molecule has 0 aromatic heterocycles. The maximum absolute atomic E-state index is 11.3. The molecule has 6 nitrogen and oxygen atoms in total. The van der Waals surface area contributed by atoms with Crippen molar-refractivity contribution in [3.05, 3.63) is 24.3 Å². The summed E-state index contributed by atoms with van der Waals surface area (Å²) < 4.78 is 15.1. The second kappa shape index (κ2) is 14.4. The molecular weight excluding hydrogens is 336 g/mol. The van der Waals surface area contributed by atoms with Gasteiger partial charge in [0.2, 0.25) is 6.10 Å². The number of allylic oxidation sites excluding steroid dienone is 3. The van der Waals surface area contributed by atoms with Crippen LogP contribution in [0.25, 0.3) is 0 Å². The van der Waals surface area contributed by atoms with Gasteiger partial charge in [0.05, 0.1) is 6.61 Å². The van der Waals surface area contributed by atoms with Crippen LogP contribution in [0.1, 0.15) is 40.5 Å². The predicted molar refractivity (Wildman–Crippen MR) is 96.5 cm³/mol. The van der Waals surface area contributed by atoms with Crippen molar-refractivity contribution in [2.45, 2.75) is 52.7 Å². The fourth-order valence-electron chi connectivity index (χ4n) is 1.67. The Morgan fingerprint density at radius 1 is 1.00 bits per heavy atom. The summed E-state index contributed by atoms with van der Waals surface area (Å²) in [5, 5.41) is 0. The van der Waals surface area contributed by atoms with Gasteiger partial charge in [0.25, 0.3) is 0 Å². The van der Waals surface area contributed by atoms with Crippen LogP contribution >= 0.6 is 0 Å². The zero-order valence-corrected chi connectivity index (χ0v) is 15.5. The first-order chi connectivity index (χ1) is 12.4. The van der Waals surface area contributed by atoms with Gasteiger partial charge in [-0.15, -0.1) is 0 Å². The van der Waals surface area contributed by atoms with Crippen molar-refractivity contribution >= 4 is 17.9 Å². The molecule has 6 heteroatoms. The molecule has 140 valence electrons. The van der Waals surface area contributed by atoms with Crippen molar-refractivity contribution in [2.24, 2.45) is 0 Å². The average Bonchev–Trinajstić information content (AvgIpc) is 2.54. The monoisotopic (exact) mass is 360 g/mol. The summed E-state index contributed by atoms with van der Waals surface area (Å²) in [5.74, 6) is 9.13. The van der Waals surface area contributed by atoms with E-state index in [0.717, 1.165) is 0 Å². The van der Waals surface area contributed by atoms with Crippen molar-refractivity contribution in [1.82, 2.24) is 0 Å². The minimum Gasteiger partial charge on any atom is -0.466 e. The second-order valence-corrected chi connectivity index (χ2v) is 5.05. The van der Waals surface area contributed by atoms with Gasteiger partial charge in [-0.2, -0.15) is 0 Å². The summed E-state index contributed by atoms with van der Waals surface area (Å²) in [5.41, 5.74) is 0. The lowest BCUT2D eigenvalue weighted by Gasteiger charge is -2.19. The molecule has 0 heterocycles. The molecule has 0 amide bonds. The summed E-state index contributed by atoms with van der Waals surface area (Å²) in [4.78, 5) is 33.3. The fraction of sp³-hybridized carbons (Fsp3) is 0.450. The standard InChI is InChI=1S/C20H24O6/c1-5-6-7-8-10-13-19(25-17(3)22)20(26-18(4)23)14-11-9-12-15-24-16(2)21/h5-6,11,14,19-20H,9,12,15H2,1-4H3. The van der Waals surface area contributed by atoms with E-state index in [9.17, 15) is 14.4 Å². The first kappa shape index (κ1) is 23.0. The lowest BCUT2D eigenvalue weighted by atomic mass is 10.1. The van der Waals surface area contributed by atoms with Crippen molar-refractivity contribution in [3.63, 3.8) is 0 Å². The molecule has 2 atom stereocenters. The highest BCUT2D eigenvalue weighted by Gasteiger charge is 2.23. The highest BCUT2D eigenvalue weighted by molar-refractivity contribution is 5.68. The third-order valence-corrected chi connectivity index (χ3v) is 2.64.